The Labute approximate surface area is 153 Å². The molecule has 0 fully saturated rings. The van der Waals surface area contributed by atoms with Gasteiger partial charge >= 0.3 is 5.69 Å². The molecule has 1 aromatic carbocycles. The van der Waals surface area contributed by atoms with Crippen LogP contribution in [0.15, 0.2) is 44.7 Å². The van der Waals surface area contributed by atoms with E-state index in [4.69, 9.17) is 4.52 Å². The summed E-state index contributed by atoms with van der Waals surface area (Å²) in [5.41, 5.74) is 1.88. The predicted octanol–water partition coefficient (Wildman–Crippen LogP) is 1.09. The van der Waals surface area contributed by atoms with Crippen LogP contribution in [0.4, 0.5) is 0 Å². The number of aryl methyl sites for hydroxylation is 2. The summed E-state index contributed by atoms with van der Waals surface area (Å²) < 4.78 is 9.33. The van der Waals surface area contributed by atoms with Crippen LogP contribution in [0.3, 0.4) is 0 Å². The first kappa shape index (κ1) is 17.0. The third-order valence-electron chi connectivity index (χ3n) is 4.61. The highest BCUT2D eigenvalue weighted by Crippen LogP contribution is 2.17. The summed E-state index contributed by atoms with van der Waals surface area (Å²) in [6, 6.07) is 7.95. The van der Waals surface area contributed by atoms with E-state index < -0.39 is 11.2 Å². The lowest BCUT2D eigenvalue weighted by Crippen LogP contribution is -2.37. The average Bonchev–Trinajstić information content (AvgIpc) is 3.32. The number of hydrogen-bond acceptors (Lipinski definition) is 6. The Morgan fingerprint density at radius 2 is 1.81 bits per heavy atom. The van der Waals surface area contributed by atoms with Gasteiger partial charge in [-0.05, 0) is 12.0 Å². The number of nitrogens with zero attached hydrogens (tertiary/aromatic N) is 6. The molecule has 3 heterocycles. The molecule has 0 saturated heterocycles. The lowest BCUT2D eigenvalue weighted by molar-refractivity contribution is 0.372. The van der Waals surface area contributed by atoms with Crippen LogP contribution in [0.2, 0.25) is 0 Å². The van der Waals surface area contributed by atoms with Gasteiger partial charge in [-0.3, -0.25) is 13.9 Å². The third kappa shape index (κ3) is 2.77. The molecule has 0 amide bonds. The summed E-state index contributed by atoms with van der Waals surface area (Å²) in [6.07, 6.45) is 2.45. The van der Waals surface area contributed by atoms with E-state index in [1.807, 2.05) is 24.3 Å². The van der Waals surface area contributed by atoms with Crippen molar-refractivity contribution in [2.24, 2.45) is 14.1 Å². The SMILES string of the molecule is CCc1ccc(-c2noc(Cn3cnc4c3c(=O)n(C)c(=O)n4C)n2)cc1. The van der Waals surface area contributed by atoms with Crippen molar-refractivity contribution in [3.8, 4) is 11.4 Å². The Balaban J connectivity index is 1.70. The summed E-state index contributed by atoms with van der Waals surface area (Å²) in [7, 11) is 3.01. The largest absolute Gasteiger partial charge is 0.337 e. The molecule has 4 rings (SSSR count). The number of fused-ring (bicyclic) bond motifs is 1. The lowest BCUT2D eigenvalue weighted by Gasteiger charge is -2.04. The Morgan fingerprint density at radius 3 is 2.52 bits per heavy atom. The Morgan fingerprint density at radius 1 is 1.07 bits per heavy atom. The fourth-order valence-electron chi connectivity index (χ4n) is 2.99. The molecule has 27 heavy (non-hydrogen) atoms. The molecule has 0 atom stereocenters. The van der Waals surface area contributed by atoms with Crippen molar-refractivity contribution >= 4 is 11.2 Å². The lowest BCUT2D eigenvalue weighted by atomic mass is 10.1. The molecule has 0 N–H and O–H groups in total. The Hall–Kier alpha value is -3.49. The van der Waals surface area contributed by atoms with Crippen molar-refractivity contribution in [1.29, 1.82) is 0 Å². The van der Waals surface area contributed by atoms with Gasteiger partial charge in [-0.1, -0.05) is 36.3 Å². The first-order chi connectivity index (χ1) is 13.0. The van der Waals surface area contributed by atoms with Gasteiger partial charge in [0.1, 0.15) is 6.54 Å². The molecular weight excluding hydrogens is 348 g/mol. The predicted molar refractivity (Wildman–Crippen MR) is 98.4 cm³/mol. The monoisotopic (exact) mass is 366 g/mol. The van der Waals surface area contributed by atoms with Crippen LogP contribution in [0.1, 0.15) is 18.4 Å². The molecule has 0 aliphatic carbocycles. The smallest absolute Gasteiger partial charge is 0.332 e. The number of aromatic nitrogens is 6. The topological polar surface area (TPSA) is 101 Å². The van der Waals surface area contributed by atoms with Crippen LogP contribution in [0.25, 0.3) is 22.6 Å². The van der Waals surface area contributed by atoms with Gasteiger partial charge in [0.25, 0.3) is 5.56 Å². The van der Waals surface area contributed by atoms with Crippen LogP contribution < -0.4 is 11.2 Å². The quantitative estimate of drug-likeness (QED) is 0.536. The zero-order valence-electron chi connectivity index (χ0n) is 15.2. The second-order valence-corrected chi connectivity index (χ2v) is 6.31. The first-order valence-corrected chi connectivity index (χ1v) is 8.52. The highest BCUT2D eigenvalue weighted by molar-refractivity contribution is 5.70. The maximum Gasteiger partial charge on any atom is 0.332 e. The van der Waals surface area contributed by atoms with Gasteiger partial charge in [-0.2, -0.15) is 4.98 Å². The summed E-state index contributed by atoms with van der Waals surface area (Å²) >= 11 is 0. The molecular formula is C18H18N6O3. The van der Waals surface area contributed by atoms with Crippen molar-refractivity contribution in [2.45, 2.75) is 19.9 Å². The van der Waals surface area contributed by atoms with E-state index in [1.54, 1.807) is 11.6 Å². The van der Waals surface area contributed by atoms with Crippen molar-refractivity contribution in [3.05, 3.63) is 62.9 Å². The van der Waals surface area contributed by atoms with E-state index in [0.29, 0.717) is 22.9 Å². The molecule has 0 aliphatic heterocycles. The Bertz CT molecular complexity index is 1240. The van der Waals surface area contributed by atoms with E-state index in [9.17, 15) is 9.59 Å². The van der Waals surface area contributed by atoms with Crippen molar-refractivity contribution in [2.75, 3.05) is 0 Å². The molecule has 0 aliphatic rings. The zero-order chi connectivity index (χ0) is 19.1. The van der Waals surface area contributed by atoms with Gasteiger partial charge in [-0.15, -0.1) is 0 Å². The van der Waals surface area contributed by atoms with Crippen molar-refractivity contribution in [1.82, 2.24) is 28.8 Å². The van der Waals surface area contributed by atoms with Crippen LogP contribution in [-0.4, -0.2) is 28.8 Å². The van der Waals surface area contributed by atoms with Crippen LogP contribution >= 0.6 is 0 Å². The number of rotatable bonds is 4. The second-order valence-electron chi connectivity index (χ2n) is 6.31. The van der Waals surface area contributed by atoms with E-state index in [1.165, 1.54) is 23.5 Å². The fraction of sp³-hybridized carbons (Fsp3) is 0.278. The van der Waals surface area contributed by atoms with E-state index >= 15 is 0 Å². The third-order valence-corrected chi connectivity index (χ3v) is 4.61. The molecule has 0 saturated carbocycles. The van der Waals surface area contributed by atoms with Gasteiger partial charge in [0.15, 0.2) is 11.2 Å². The van der Waals surface area contributed by atoms with Gasteiger partial charge in [0.2, 0.25) is 11.7 Å². The van der Waals surface area contributed by atoms with Crippen molar-refractivity contribution in [3.63, 3.8) is 0 Å². The molecule has 9 heteroatoms. The van der Waals surface area contributed by atoms with Gasteiger partial charge in [0, 0.05) is 19.7 Å². The van der Waals surface area contributed by atoms with Gasteiger partial charge in [-0.25, -0.2) is 9.78 Å². The maximum atomic E-state index is 12.5. The summed E-state index contributed by atoms with van der Waals surface area (Å²) in [5, 5.41) is 4.02. The van der Waals surface area contributed by atoms with E-state index in [2.05, 4.69) is 22.0 Å². The van der Waals surface area contributed by atoms with Crippen LogP contribution in [-0.2, 0) is 27.1 Å². The highest BCUT2D eigenvalue weighted by Gasteiger charge is 2.16. The number of benzene rings is 1. The van der Waals surface area contributed by atoms with E-state index in [-0.39, 0.29) is 6.54 Å². The molecule has 0 spiro atoms. The maximum absolute atomic E-state index is 12.5. The highest BCUT2D eigenvalue weighted by atomic mass is 16.5. The molecule has 0 bridgehead atoms. The molecule has 4 aromatic rings. The molecule has 138 valence electrons. The molecule has 0 unspecified atom stereocenters. The first-order valence-electron chi connectivity index (χ1n) is 8.52. The van der Waals surface area contributed by atoms with Crippen LogP contribution in [0, 0.1) is 0 Å². The minimum atomic E-state index is -0.423. The zero-order valence-corrected chi connectivity index (χ0v) is 15.2. The van der Waals surface area contributed by atoms with E-state index in [0.717, 1.165) is 16.6 Å². The Kier molecular flexibility index (Phi) is 3.98. The van der Waals surface area contributed by atoms with Crippen molar-refractivity contribution < 1.29 is 4.52 Å². The molecule has 9 nitrogen and oxygen atoms in total. The molecule has 3 aromatic heterocycles. The van der Waals surface area contributed by atoms with Gasteiger partial charge in [0.05, 0.1) is 6.33 Å². The second kappa shape index (κ2) is 6.35. The summed E-state index contributed by atoms with van der Waals surface area (Å²) in [4.78, 5) is 33.1. The number of hydrogen-bond donors (Lipinski definition) is 0. The summed E-state index contributed by atoms with van der Waals surface area (Å²) in [6.45, 7) is 2.28. The summed E-state index contributed by atoms with van der Waals surface area (Å²) in [5.74, 6) is 0.831. The standard InChI is InChI=1S/C18H18N6O3/c1-4-11-5-7-12(8-6-11)15-20-13(27-21-15)9-24-10-19-16-14(24)17(25)23(3)18(26)22(16)2/h5-8,10H,4,9H2,1-3H3. The fourth-order valence-corrected chi connectivity index (χ4v) is 2.99. The minimum absolute atomic E-state index is 0.185. The number of imidazole rings is 1. The van der Waals surface area contributed by atoms with Gasteiger partial charge < -0.3 is 9.09 Å². The minimum Gasteiger partial charge on any atom is -0.337 e. The van der Waals surface area contributed by atoms with Crippen LogP contribution in [0.5, 0.6) is 0 Å². The molecule has 0 radical (unpaired) electrons. The normalized spacial score (nSPS) is 11.4. The average molecular weight is 366 g/mol.